The van der Waals surface area contributed by atoms with Gasteiger partial charge in [-0.15, -0.1) is 0 Å². The number of carbonyl (C=O) groups excluding carboxylic acids is 1. The van der Waals surface area contributed by atoms with Crippen LogP contribution in [0.15, 0.2) is 36.8 Å². The fourth-order valence-corrected chi connectivity index (χ4v) is 1.36. The molecule has 2 aromatic rings. The van der Waals surface area contributed by atoms with Gasteiger partial charge in [0.15, 0.2) is 5.82 Å². The molecule has 6 heteroatoms. The lowest BCUT2D eigenvalue weighted by atomic mass is 10.3. The van der Waals surface area contributed by atoms with Crippen LogP contribution in [-0.4, -0.2) is 25.5 Å². The van der Waals surface area contributed by atoms with Gasteiger partial charge >= 0.3 is 0 Å². The van der Waals surface area contributed by atoms with Crippen molar-refractivity contribution in [1.29, 1.82) is 0 Å². The van der Waals surface area contributed by atoms with Crippen molar-refractivity contribution in [2.75, 3.05) is 5.32 Å². The van der Waals surface area contributed by atoms with Crippen LogP contribution in [0.25, 0.3) is 5.82 Å². The van der Waals surface area contributed by atoms with Crippen LogP contribution >= 0.6 is 15.9 Å². The van der Waals surface area contributed by atoms with E-state index in [2.05, 4.69) is 31.3 Å². The van der Waals surface area contributed by atoms with E-state index in [-0.39, 0.29) is 10.7 Å². The number of hydrogen-bond donors (Lipinski definition) is 1. The zero-order valence-corrected chi connectivity index (χ0v) is 10.8. The number of aromatic nitrogens is 3. The van der Waals surface area contributed by atoms with Crippen molar-refractivity contribution >= 4 is 27.5 Å². The molecular formula is C11H11BrN4O. The summed E-state index contributed by atoms with van der Waals surface area (Å²) in [7, 11) is 0. The lowest BCUT2D eigenvalue weighted by Crippen LogP contribution is -2.20. The highest BCUT2D eigenvalue weighted by atomic mass is 79.9. The minimum atomic E-state index is -0.228. The van der Waals surface area contributed by atoms with Crippen molar-refractivity contribution in [3.8, 4) is 5.82 Å². The van der Waals surface area contributed by atoms with E-state index in [1.54, 1.807) is 42.3 Å². The molecule has 0 aliphatic rings. The second-order valence-corrected chi connectivity index (χ2v) is 4.83. The summed E-state index contributed by atoms with van der Waals surface area (Å²) in [6, 6.07) is 5.41. The Morgan fingerprint density at radius 2 is 2.35 bits per heavy atom. The molecule has 0 fully saturated rings. The number of nitrogens with one attached hydrogen (secondary N) is 1. The minimum absolute atomic E-state index is 0.0985. The maximum atomic E-state index is 11.4. The molecule has 0 spiro atoms. The predicted molar refractivity (Wildman–Crippen MR) is 68.4 cm³/mol. The first-order valence-corrected chi connectivity index (χ1v) is 5.99. The molecule has 1 N–H and O–H groups in total. The van der Waals surface area contributed by atoms with Crippen LogP contribution in [0.1, 0.15) is 6.92 Å². The van der Waals surface area contributed by atoms with Crippen LogP contribution in [0.3, 0.4) is 0 Å². The summed E-state index contributed by atoms with van der Waals surface area (Å²) in [5, 5.41) is 6.80. The average Bonchev–Trinajstić information content (AvgIpc) is 2.83. The van der Waals surface area contributed by atoms with Crippen LogP contribution in [0, 0.1) is 0 Å². The molecule has 1 amide bonds. The number of carbonyl (C=O) groups is 1. The molecule has 2 heterocycles. The summed E-state index contributed by atoms with van der Waals surface area (Å²) in [6.07, 6.45) is 5.09. The van der Waals surface area contributed by atoms with Gasteiger partial charge < -0.3 is 5.32 Å². The van der Waals surface area contributed by atoms with E-state index < -0.39 is 0 Å². The van der Waals surface area contributed by atoms with Gasteiger partial charge in [0.25, 0.3) is 0 Å². The Morgan fingerprint density at radius 1 is 1.53 bits per heavy atom. The van der Waals surface area contributed by atoms with Crippen LogP contribution in [-0.2, 0) is 4.79 Å². The number of hydrogen-bond acceptors (Lipinski definition) is 3. The maximum Gasteiger partial charge on any atom is 0.237 e. The van der Waals surface area contributed by atoms with Crippen LogP contribution in [0.5, 0.6) is 0 Å². The zero-order valence-electron chi connectivity index (χ0n) is 9.17. The molecule has 1 unspecified atom stereocenters. The SMILES string of the molecule is CC(Br)C(=O)Nc1ccc(-n2cccn2)nc1. The Morgan fingerprint density at radius 3 is 2.88 bits per heavy atom. The van der Waals surface area contributed by atoms with E-state index in [4.69, 9.17) is 0 Å². The van der Waals surface area contributed by atoms with E-state index in [1.165, 1.54) is 0 Å². The summed E-state index contributed by atoms with van der Waals surface area (Å²) in [5.41, 5.74) is 0.664. The van der Waals surface area contributed by atoms with Gasteiger partial charge in [-0.3, -0.25) is 4.79 Å². The standard InChI is InChI=1S/C11H11BrN4O/c1-8(12)11(17)15-9-3-4-10(13-7-9)16-6-2-5-14-16/h2-8H,1H3,(H,15,17). The van der Waals surface area contributed by atoms with Crippen molar-refractivity contribution in [3.63, 3.8) is 0 Å². The molecule has 1 atom stereocenters. The Labute approximate surface area is 107 Å². The highest BCUT2D eigenvalue weighted by molar-refractivity contribution is 9.10. The van der Waals surface area contributed by atoms with Gasteiger partial charge in [0.05, 0.1) is 16.7 Å². The second kappa shape index (κ2) is 5.09. The Hall–Kier alpha value is -1.69. The molecule has 0 aliphatic heterocycles. The Kier molecular flexibility index (Phi) is 3.53. The molecule has 0 radical (unpaired) electrons. The Bertz CT molecular complexity index is 493. The van der Waals surface area contributed by atoms with Gasteiger partial charge in [-0.2, -0.15) is 5.10 Å². The molecule has 0 saturated heterocycles. The zero-order chi connectivity index (χ0) is 12.3. The average molecular weight is 295 g/mol. The minimum Gasteiger partial charge on any atom is -0.324 e. The highest BCUT2D eigenvalue weighted by Crippen LogP contribution is 2.10. The molecule has 17 heavy (non-hydrogen) atoms. The largest absolute Gasteiger partial charge is 0.324 e. The fraction of sp³-hybridized carbons (Fsp3) is 0.182. The van der Waals surface area contributed by atoms with Crippen molar-refractivity contribution in [2.24, 2.45) is 0 Å². The Balaban J connectivity index is 2.11. The fourth-order valence-electron chi connectivity index (χ4n) is 1.24. The van der Waals surface area contributed by atoms with E-state index in [9.17, 15) is 4.79 Å². The molecule has 0 aliphatic carbocycles. The first kappa shape index (κ1) is 11.8. The van der Waals surface area contributed by atoms with E-state index in [1.807, 2.05) is 6.07 Å². The number of rotatable bonds is 3. The quantitative estimate of drug-likeness (QED) is 0.881. The molecular weight excluding hydrogens is 284 g/mol. The first-order valence-electron chi connectivity index (χ1n) is 5.08. The van der Waals surface area contributed by atoms with Gasteiger partial charge in [0.2, 0.25) is 5.91 Å². The second-order valence-electron chi connectivity index (χ2n) is 3.46. The van der Waals surface area contributed by atoms with Gasteiger partial charge in [0.1, 0.15) is 0 Å². The summed E-state index contributed by atoms with van der Waals surface area (Å²) in [6.45, 7) is 1.76. The van der Waals surface area contributed by atoms with Crippen LogP contribution in [0.2, 0.25) is 0 Å². The number of halogens is 1. The first-order chi connectivity index (χ1) is 8.16. The van der Waals surface area contributed by atoms with Gasteiger partial charge in [-0.1, -0.05) is 15.9 Å². The molecule has 0 bridgehead atoms. The van der Waals surface area contributed by atoms with Crippen molar-refractivity contribution in [2.45, 2.75) is 11.8 Å². The van der Waals surface area contributed by atoms with Gasteiger partial charge in [-0.05, 0) is 25.1 Å². The third kappa shape index (κ3) is 2.91. The van der Waals surface area contributed by atoms with Crippen LogP contribution < -0.4 is 5.32 Å². The summed E-state index contributed by atoms with van der Waals surface area (Å²) < 4.78 is 1.65. The predicted octanol–water partition coefficient (Wildman–Crippen LogP) is 1.99. The van der Waals surface area contributed by atoms with E-state index >= 15 is 0 Å². The normalized spacial score (nSPS) is 12.1. The lowest BCUT2D eigenvalue weighted by Gasteiger charge is -2.07. The van der Waals surface area contributed by atoms with Gasteiger partial charge in [0, 0.05) is 12.4 Å². The van der Waals surface area contributed by atoms with Crippen molar-refractivity contribution in [3.05, 3.63) is 36.8 Å². The highest BCUT2D eigenvalue weighted by Gasteiger charge is 2.08. The van der Waals surface area contributed by atoms with Crippen molar-refractivity contribution in [1.82, 2.24) is 14.8 Å². The molecule has 0 aromatic carbocycles. The smallest absolute Gasteiger partial charge is 0.237 e. The maximum absolute atomic E-state index is 11.4. The third-order valence-electron chi connectivity index (χ3n) is 2.12. The van der Waals surface area contributed by atoms with E-state index in [0.29, 0.717) is 11.5 Å². The van der Waals surface area contributed by atoms with Crippen molar-refractivity contribution < 1.29 is 4.79 Å². The molecule has 2 rings (SSSR count). The number of pyridine rings is 1. The number of nitrogens with zero attached hydrogens (tertiary/aromatic N) is 3. The monoisotopic (exact) mass is 294 g/mol. The third-order valence-corrected chi connectivity index (χ3v) is 2.53. The lowest BCUT2D eigenvalue weighted by molar-refractivity contribution is -0.115. The topological polar surface area (TPSA) is 59.8 Å². The molecule has 2 aromatic heterocycles. The summed E-state index contributed by atoms with van der Waals surface area (Å²) in [5.74, 6) is 0.610. The molecule has 88 valence electrons. The number of anilines is 1. The molecule has 5 nitrogen and oxygen atoms in total. The van der Waals surface area contributed by atoms with E-state index in [0.717, 1.165) is 0 Å². The summed E-state index contributed by atoms with van der Waals surface area (Å²) >= 11 is 3.20. The number of alkyl halides is 1. The number of amides is 1. The molecule has 0 saturated carbocycles. The van der Waals surface area contributed by atoms with Crippen LogP contribution in [0.4, 0.5) is 5.69 Å². The summed E-state index contributed by atoms with van der Waals surface area (Å²) in [4.78, 5) is 15.4. The van der Waals surface area contributed by atoms with Gasteiger partial charge in [-0.25, -0.2) is 9.67 Å².